The normalized spacial score (nSPS) is 23.9. The first kappa shape index (κ1) is 24.2. The molecular weight excluding hydrogens is 510 g/mol. The third kappa shape index (κ3) is 3.27. The summed E-state index contributed by atoms with van der Waals surface area (Å²) in [7, 11) is 0. The smallest absolute Gasteiger partial charge is 0.238 e. The standard InChI is InChI=1S/C33H22F2N2O3/c34-22-13-9-20(10-14-22)29(38)27-28(30(39)21-11-15-23(35)16-12-21)37-18-17-19-5-1-2-6-24(19)31(37)33(27)25-7-3-4-8-26(25)36-32(33)40/h1-18,27-28,31H,(H,36,40). The molecule has 3 aliphatic heterocycles. The number of Topliss-reactive ketones (excluding diaryl/α,β-unsaturated/α-hetero) is 2. The Balaban J connectivity index is 1.53. The van der Waals surface area contributed by atoms with Crippen molar-refractivity contribution < 1.29 is 23.2 Å². The highest BCUT2D eigenvalue weighted by molar-refractivity contribution is 6.16. The lowest BCUT2D eigenvalue weighted by atomic mass is 9.62. The van der Waals surface area contributed by atoms with E-state index >= 15 is 0 Å². The maximum Gasteiger partial charge on any atom is 0.238 e. The second-order valence-electron chi connectivity index (χ2n) is 10.3. The molecule has 196 valence electrons. The van der Waals surface area contributed by atoms with E-state index in [1.165, 1.54) is 48.5 Å². The molecule has 5 nitrogen and oxygen atoms in total. The predicted molar refractivity (Wildman–Crippen MR) is 146 cm³/mol. The summed E-state index contributed by atoms with van der Waals surface area (Å²) in [5.41, 5.74) is 1.81. The van der Waals surface area contributed by atoms with E-state index in [1.54, 1.807) is 18.3 Å². The fourth-order valence-corrected chi connectivity index (χ4v) is 6.75. The maximum absolute atomic E-state index is 14.6. The van der Waals surface area contributed by atoms with Crippen LogP contribution in [-0.4, -0.2) is 28.4 Å². The van der Waals surface area contributed by atoms with E-state index in [-0.39, 0.29) is 17.0 Å². The number of rotatable bonds is 4. The molecule has 1 fully saturated rings. The molecule has 7 rings (SSSR count). The molecule has 1 N–H and O–H groups in total. The quantitative estimate of drug-likeness (QED) is 0.330. The number of carbonyl (C=O) groups excluding carboxylic acids is 3. The Kier molecular flexibility index (Phi) is 5.32. The first-order valence-corrected chi connectivity index (χ1v) is 13.0. The molecule has 0 radical (unpaired) electrons. The van der Waals surface area contributed by atoms with Crippen molar-refractivity contribution >= 4 is 29.2 Å². The molecule has 7 heteroatoms. The van der Waals surface area contributed by atoms with E-state index in [4.69, 9.17) is 0 Å². The van der Waals surface area contributed by atoms with Crippen LogP contribution in [0.1, 0.15) is 43.4 Å². The van der Waals surface area contributed by atoms with Crippen LogP contribution in [0.15, 0.2) is 103 Å². The monoisotopic (exact) mass is 532 g/mol. The lowest BCUT2D eigenvalue weighted by molar-refractivity contribution is -0.122. The number of amides is 1. The third-order valence-corrected chi connectivity index (χ3v) is 8.38. The van der Waals surface area contributed by atoms with Crippen LogP contribution in [0.4, 0.5) is 14.5 Å². The summed E-state index contributed by atoms with van der Waals surface area (Å²) in [4.78, 5) is 45.0. The third-order valence-electron chi connectivity index (χ3n) is 8.38. The topological polar surface area (TPSA) is 66.5 Å². The number of fused-ring (bicyclic) bond motifs is 6. The molecule has 0 aromatic heterocycles. The van der Waals surface area contributed by atoms with Crippen molar-refractivity contribution in [2.24, 2.45) is 5.92 Å². The van der Waals surface area contributed by atoms with Gasteiger partial charge in [0.25, 0.3) is 0 Å². The Labute approximate surface area is 228 Å². The molecular formula is C33H22F2N2O3. The number of carbonyl (C=O) groups is 3. The first-order chi connectivity index (χ1) is 19.4. The Morgan fingerprint density at radius 3 is 2.05 bits per heavy atom. The SMILES string of the molecule is O=C(c1ccc(F)cc1)C1C(C(=O)c2ccc(F)cc2)C2(C(=O)Nc3ccccc32)C2c3ccccc3C=CN12. The van der Waals surface area contributed by atoms with Crippen molar-refractivity contribution in [2.45, 2.75) is 17.5 Å². The largest absolute Gasteiger partial charge is 0.358 e. The van der Waals surface area contributed by atoms with Gasteiger partial charge in [0.15, 0.2) is 11.6 Å². The van der Waals surface area contributed by atoms with Crippen molar-refractivity contribution in [1.82, 2.24) is 4.90 Å². The molecule has 1 amide bonds. The molecule has 0 aliphatic carbocycles. The summed E-state index contributed by atoms with van der Waals surface area (Å²) in [6, 6.07) is 23.4. The molecule has 4 unspecified atom stereocenters. The van der Waals surface area contributed by atoms with Crippen LogP contribution in [-0.2, 0) is 10.2 Å². The van der Waals surface area contributed by atoms with Crippen LogP contribution >= 0.6 is 0 Å². The van der Waals surface area contributed by atoms with Crippen molar-refractivity contribution in [3.8, 4) is 0 Å². The zero-order chi connectivity index (χ0) is 27.6. The molecule has 3 heterocycles. The molecule has 4 atom stereocenters. The first-order valence-electron chi connectivity index (χ1n) is 13.0. The van der Waals surface area contributed by atoms with Crippen molar-refractivity contribution in [3.63, 3.8) is 0 Å². The average molecular weight is 533 g/mol. The average Bonchev–Trinajstić information content (AvgIpc) is 3.45. The van der Waals surface area contributed by atoms with Gasteiger partial charge < -0.3 is 10.2 Å². The van der Waals surface area contributed by atoms with E-state index in [9.17, 15) is 23.2 Å². The van der Waals surface area contributed by atoms with Crippen molar-refractivity contribution in [3.05, 3.63) is 143 Å². The molecule has 1 spiro atoms. The van der Waals surface area contributed by atoms with Gasteiger partial charge in [-0.2, -0.15) is 0 Å². The number of benzene rings is 4. The highest BCUT2D eigenvalue weighted by atomic mass is 19.1. The number of nitrogens with zero attached hydrogens (tertiary/aromatic N) is 1. The number of anilines is 1. The van der Waals surface area contributed by atoms with Gasteiger partial charge in [-0.25, -0.2) is 8.78 Å². The van der Waals surface area contributed by atoms with Crippen molar-refractivity contribution in [2.75, 3.05) is 5.32 Å². The maximum atomic E-state index is 14.6. The number of nitrogens with one attached hydrogen (secondary N) is 1. The summed E-state index contributed by atoms with van der Waals surface area (Å²) < 4.78 is 27.7. The Morgan fingerprint density at radius 2 is 1.35 bits per heavy atom. The lowest BCUT2D eigenvalue weighted by Crippen LogP contribution is -2.49. The second-order valence-corrected chi connectivity index (χ2v) is 10.3. The fourth-order valence-electron chi connectivity index (χ4n) is 6.75. The molecule has 40 heavy (non-hydrogen) atoms. The van der Waals surface area contributed by atoms with Gasteiger partial charge in [-0.05, 0) is 77.4 Å². The molecule has 0 bridgehead atoms. The van der Waals surface area contributed by atoms with Gasteiger partial charge in [-0.3, -0.25) is 14.4 Å². The van der Waals surface area contributed by atoms with Gasteiger partial charge in [-0.1, -0.05) is 42.5 Å². The zero-order valence-corrected chi connectivity index (χ0v) is 21.1. The fraction of sp³-hybridized carbons (Fsp3) is 0.121. The van der Waals surface area contributed by atoms with Gasteiger partial charge in [-0.15, -0.1) is 0 Å². The molecule has 4 aromatic rings. The van der Waals surface area contributed by atoms with Gasteiger partial charge in [0.05, 0.1) is 12.0 Å². The summed E-state index contributed by atoms with van der Waals surface area (Å²) in [6.07, 6.45) is 3.64. The molecule has 0 saturated carbocycles. The second kappa shape index (κ2) is 8.81. The lowest BCUT2D eigenvalue weighted by Gasteiger charge is -2.38. The summed E-state index contributed by atoms with van der Waals surface area (Å²) >= 11 is 0. The van der Waals surface area contributed by atoms with Gasteiger partial charge >= 0.3 is 0 Å². The van der Waals surface area contributed by atoms with Crippen LogP contribution in [0.5, 0.6) is 0 Å². The van der Waals surface area contributed by atoms with Crippen LogP contribution in [0.2, 0.25) is 0 Å². The van der Waals surface area contributed by atoms with Gasteiger partial charge in [0.2, 0.25) is 5.91 Å². The molecule has 4 aromatic carbocycles. The number of para-hydroxylation sites is 1. The van der Waals surface area contributed by atoms with Crippen LogP contribution in [0, 0.1) is 17.6 Å². The van der Waals surface area contributed by atoms with Crippen LogP contribution in [0.25, 0.3) is 6.08 Å². The number of ketones is 2. The Bertz CT molecular complexity index is 1730. The summed E-state index contributed by atoms with van der Waals surface area (Å²) in [5, 5.41) is 2.98. The van der Waals surface area contributed by atoms with Crippen LogP contribution < -0.4 is 5.32 Å². The predicted octanol–water partition coefficient (Wildman–Crippen LogP) is 5.95. The van der Waals surface area contributed by atoms with Gasteiger partial charge in [0.1, 0.15) is 23.1 Å². The number of halogens is 2. The summed E-state index contributed by atoms with van der Waals surface area (Å²) in [5.74, 6) is -3.43. The molecule has 1 saturated heterocycles. The zero-order valence-electron chi connectivity index (χ0n) is 21.1. The minimum atomic E-state index is -1.48. The minimum absolute atomic E-state index is 0.192. The Hall–Kier alpha value is -4.91. The Morgan fingerprint density at radius 1 is 0.750 bits per heavy atom. The summed E-state index contributed by atoms with van der Waals surface area (Å²) in [6.45, 7) is 0. The van der Waals surface area contributed by atoms with E-state index in [2.05, 4.69) is 5.32 Å². The number of hydrogen-bond donors (Lipinski definition) is 1. The molecule has 3 aliphatic rings. The van der Waals surface area contributed by atoms with E-state index in [1.807, 2.05) is 47.4 Å². The number of hydrogen-bond acceptors (Lipinski definition) is 4. The van der Waals surface area contributed by atoms with Gasteiger partial charge in [0, 0.05) is 23.0 Å². The highest BCUT2D eigenvalue weighted by Crippen LogP contribution is 2.62. The van der Waals surface area contributed by atoms with Crippen LogP contribution in [0.3, 0.4) is 0 Å². The van der Waals surface area contributed by atoms with E-state index in [0.29, 0.717) is 11.3 Å². The van der Waals surface area contributed by atoms with E-state index < -0.39 is 46.6 Å². The minimum Gasteiger partial charge on any atom is -0.358 e. The van der Waals surface area contributed by atoms with Crippen molar-refractivity contribution in [1.29, 1.82) is 0 Å². The van der Waals surface area contributed by atoms with E-state index in [0.717, 1.165) is 11.1 Å². The highest BCUT2D eigenvalue weighted by Gasteiger charge is 2.70.